The molecule has 1 aliphatic heterocycles. The molecule has 0 aromatic rings. The summed E-state index contributed by atoms with van der Waals surface area (Å²) < 4.78 is 0. The Hall–Kier alpha value is -0.0800. The monoisotopic (exact) mass is 182 g/mol. The highest BCUT2D eigenvalue weighted by Gasteiger charge is 2.43. The lowest BCUT2D eigenvalue weighted by Gasteiger charge is -2.38. The van der Waals surface area contributed by atoms with Crippen LogP contribution in [0.25, 0.3) is 0 Å². The summed E-state index contributed by atoms with van der Waals surface area (Å²) in [5.74, 6) is 0. The van der Waals surface area contributed by atoms with E-state index in [2.05, 4.69) is 18.7 Å². The van der Waals surface area contributed by atoms with Gasteiger partial charge in [0.15, 0.2) is 0 Å². The smallest absolute Gasteiger partial charge is 0.0226 e. The molecule has 76 valence electrons. The van der Waals surface area contributed by atoms with Gasteiger partial charge in [0.25, 0.3) is 0 Å². The first kappa shape index (κ1) is 9.47. The van der Waals surface area contributed by atoms with Crippen LogP contribution in [0.15, 0.2) is 0 Å². The molecule has 0 aromatic heterocycles. The van der Waals surface area contributed by atoms with Gasteiger partial charge in [-0.15, -0.1) is 0 Å². The summed E-state index contributed by atoms with van der Waals surface area (Å²) in [4.78, 5) is 2.55. The Morgan fingerprint density at radius 1 is 1.31 bits per heavy atom. The highest BCUT2D eigenvalue weighted by atomic mass is 15.2. The van der Waals surface area contributed by atoms with Gasteiger partial charge in [-0.25, -0.2) is 0 Å². The zero-order valence-corrected chi connectivity index (χ0v) is 8.97. The number of likely N-dealkylation sites (tertiary alicyclic amines) is 1. The van der Waals surface area contributed by atoms with Crippen molar-refractivity contribution in [3.05, 3.63) is 0 Å². The van der Waals surface area contributed by atoms with Crippen molar-refractivity contribution >= 4 is 0 Å². The van der Waals surface area contributed by atoms with E-state index in [0.29, 0.717) is 0 Å². The van der Waals surface area contributed by atoms with E-state index in [1.807, 2.05) is 0 Å². The van der Waals surface area contributed by atoms with Crippen LogP contribution in [0.2, 0.25) is 0 Å². The molecule has 1 aliphatic carbocycles. The van der Waals surface area contributed by atoms with E-state index in [1.54, 1.807) is 0 Å². The van der Waals surface area contributed by atoms with Gasteiger partial charge in [-0.05, 0) is 45.1 Å². The standard InChI is InChI=1S/C11H22N2/c1-10(2,12)8-13-7-6-11(9-13)4-3-5-11/h3-9,12H2,1-2H3. The van der Waals surface area contributed by atoms with Crippen molar-refractivity contribution in [1.82, 2.24) is 4.90 Å². The molecular weight excluding hydrogens is 160 g/mol. The molecule has 2 heteroatoms. The first-order valence-electron chi connectivity index (χ1n) is 5.51. The Morgan fingerprint density at radius 2 is 2.00 bits per heavy atom. The van der Waals surface area contributed by atoms with Crippen molar-refractivity contribution in [2.24, 2.45) is 11.1 Å². The van der Waals surface area contributed by atoms with Gasteiger partial charge in [-0.2, -0.15) is 0 Å². The molecule has 0 radical (unpaired) electrons. The fourth-order valence-corrected chi connectivity index (χ4v) is 2.82. The molecule has 0 unspecified atom stereocenters. The van der Waals surface area contributed by atoms with E-state index in [-0.39, 0.29) is 5.54 Å². The molecule has 2 fully saturated rings. The lowest BCUT2D eigenvalue weighted by atomic mass is 9.68. The molecule has 13 heavy (non-hydrogen) atoms. The predicted molar refractivity (Wildman–Crippen MR) is 55.6 cm³/mol. The number of hydrogen-bond acceptors (Lipinski definition) is 2. The van der Waals surface area contributed by atoms with Crippen LogP contribution in [0.1, 0.15) is 39.5 Å². The van der Waals surface area contributed by atoms with Crippen molar-refractivity contribution < 1.29 is 0 Å². The molecule has 0 aromatic carbocycles. The predicted octanol–water partition coefficient (Wildman–Crippen LogP) is 1.60. The molecule has 0 amide bonds. The molecule has 1 saturated carbocycles. The third-order valence-electron chi connectivity index (χ3n) is 3.56. The lowest BCUT2D eigenvalue weighted by Crippen LogP contribution is -2.45. The molecule has 1 spiro atoms. The third-order valence-corrected chi connectivity index (χ3v) is 3.56. The largest absolute Gasteiger partial charge is 0.324 e. The Morgan fingerprint density at radius 3 is 2.38 bits per heavy atom. The van der Waals surface area contributed by atoms with Crippen LogP contribution in [-0.4, -0.2) is 30.1 Å². The molecule has 0 atom stereocenters. The van der Waals surface area contributed by atoms with Crippen LogP contribution in [0.3, 0.4) is 0 Å². The van der Waals surface area contributed by atoms with Crippen molar-refractivity contribution in [2.45, 2.75) is 45.1 Å². The highest BCUT2D eigenvalue weighted by molar-refractivity contribution is 4.97. The SMILES string of the molecule is CC(C)(N)CN1CCC2(CCC2)C1. The Balaban J connectivity index is 1.84. The van der Waals surface area contributed by atoms with Gasteiger partial charge in [0.2, 0.25) is 0 Å². The minimum Gasteiger partial charge on any atom is -0.324 e. The summed E-state index contributed by atoms with van der Waals surface area (Å²) in [6.45, 7) is 7.90. The van der Waals surface area contributed by atoms with E-state index in [9.17, 15) is 0 Å². The van der Waals surface area contributed by atoms with Crippen LogP contribution in [0.5, 0.6) is 0 Å². The summed E-state index contributed by atoms with van der Waals surface area (Å²) in [6.07, 6.45) is 5.81. The molecule has 2 N–H and O–H groups in total. The first-order valence-corrected chi connectivity index (χ1v) is 5.51. The van der Waals surface area contributed by atoms with Gasteiger partial charge in [-0.3, -0.25) is 0 Å². The van der Waals surface area contributed by atoms with Gasteiger partial charge in [0.05, 0.1) is 0 Å². The number of hydrogen-bond donors (Lipinski definition) is 1. The van der Waals surface area contributed by atoms with Crippen molar-refractivity contribution in [1.29, 1.82) is 0 Å². The summed E-state index contributed by atoms with van der Waals surface area (Å²) in [5.41, 5.74) is 6.73. The quantitative estimate of drug-likeness (QED) is 0.703. The van der Waals surface area contributed by atoms with Crippen molar-refractivity contribution in [2.75, 3.05) is 19.6 Å². The van der Waals surface area contributed by atoms with Crippen molar-refractivity contribution in [3.63, 3.8) is 0 Å². The molecule has 1 heterocycles. The Labute approximate surface area is 81.5 Å². The highest BCUT2D eigenvalue weighted by Crippen LogP contribution is 2.47. The molecule has 2 nitrogen and oxygen atoms in total. The van der Waals surface area contributed by atoms with Gasteiger partial charge in [0, 0.05) is 18.6 Å². The van der Waals surface area contributed by atoms with Gasteiger partial charge >= 0.3 is 0 Å². The molecule has 0 bridgehead atoms. The van der Waals surface area contributed by atoms with Gasteiger partial charge in [0.1, 0.15) is 0 Å². The Kier molecular flexibility index (Phi) is 2.16. The van der Waals surface area contributed by atoms with Crippen LogP contribution in [-0.2, 0) is 0 Å². The van der Waals surface area contributed by atoms with E-state index < -0.39 is 0 Å². The van der Waals surface area contributed by atoms with E-state index in [1.165, 1.54) is 38.8 Å². The lowest BCUT2D eigenvalue weighted by molar-refractivity contribution is 0.133. The first-order chi connectivity index (χ1) is 5.99. The Bertz CT molecular complexity index is 189. The average Bonchev–Trinajstić information content (AvgIpc) is 2.26. The minimum atomic E-state index is -0.0186. The second kappa shape index (κ2) is 2.96. The second-order valence-corrected chi connectivity index (χ2v) is 5.80. The summed E-state index contributed by atoms with van der Waals surface area (Å²) in [5, 5.41) is 0. The fraction of sp³-hybridized carbons (Fsp3) is 1.00. The molecule has 2 aliphatic rings. The number of rotatable bonds is 2. The van der Waals surface area contributed by atoms with E-state index in [4.69, 9.17) is 5.73 Å². The molecular formula is C11H22N2. The summed E-state index contributed by atoms with van der Waals surface area (Å²) in [6, 6.07) is 0. The van der Waals surface area contributed by atoms with Crippen LogP contribution in [0.4, 0.5) is 0 Å². The summed E-state index contributed by atoms with van der Waals surface area (Å²) >= 11 is 0. The molecule has 1 saturated heterocycles. The third kappa shape index (κ3) is 2.05. The number of nitrogens with zero attached hydrogens (tertiary/aromatic N) is 1. The van der Waals surface area contributed by atoms with Crippen molar-refractivity contribution in [3.8, 4) is 0 Å². The van der Waals surface area contributed by atoms with Gasteiger partial charge in [-0.1, -0.05) is 6.42 Å². The maximum atomic E-state index is 6.02. The van der Waals surface area contributed by atoms with E-state index >= 15 is 0 Å². The molecule has 2 rings (SSSR count). The minimum absolute atomic E-state index is 0.0186. The van der Waals surface area contributed by atoms with Gasteiger partial charge < -0.3 is 10.6 Å². The summed E-state index contributed by atoms with van der Waals surface area (Å²) in [7, 11) is 0. The van der Waals surface area contributed by atoms with Crippen LogP contribution in [0, 0.1) is 5.41 Å². The normalized spacial score (nSPS) is 27.9. The van der Waals surface area contributed by atoms with Crippen LogP contribution >= 0.6 is 0 Å². The maximum absolute atomic E-state index is 6.02. The maximum Gasteiger partial charge on any atom is 0.0226 e. The fourth-order valence-electron chi connectivity index (χ4n) is 2.82. The second-order valence-electron chi connectivity index (χ2n) is 5.80. The average molecular weight is 182 g/mol. The van der Waals surface area contributed by atoms with E-state index in [0.717, 1.165) is 12.0 Å². The topological polar surface area (TPSA) is 29.3 Å². The zero-order valence-electron chi connectivity index (χ0n) is 8.97. The zero-order chi connectivity index (χ0) is 9.53. The number of nitrogens with two attached hydrogens (primary N) is 1. The van der Waals surface area contributed by atoms with Crippen LogP contribution < -0.4 is 5.73 Å².